The molecule has 2 N–H and O–H groups in total. The number of nitrogen functional groups attached to an aromatic ring is 1. The number of nitrogens with zero attached hydrogens (tertiary/aromatic N) is 5. The van der Waals surface area contributed by atoms with E-state index in [0.29, 0.717) is 18.4 Å². The molecule has 0 saturated heterocycles. The van der Waals surface area contributed by atoms with Crippen LogP contribution in [0.4, 0.5) is 5.82 Å². The summed E-state index contributed by atoms with van der Waals surface area (Å²) in [5.41, 5.74) is 6.76. The second-order valence-electron chi connectivity index (χ2n) is 4.92. The van der Waals surface area contributed by atoms with Crippen molar-refractivity contribution < 1.29 is 0 Å². The van der Waals surface area contributed by atoms with Crippen LogP contribution in [0.1, 0.15) is 32.5 Å². The first-order chi connectivity index (χ1) is 9.06. The SMILES string of the molecule is CCC(CC)N(C)Cc1nc(N)c2cnn(C)c2n1. The molecule has 0 spiro atoms. The molecular weight excluding hydrogens is 240 g/mol. The minimum absolute atomic E-state index is 0.506. The molecule has 0 saturated carbocycles. The van der Waals surface area contributed by atoms with Gasteiger partial charge >= 0.3 is 0 Å². The van der Waals surface area contributed by atoms with Crippen LogP contribution in [0.2, 0.25) is 0 Å². The standard InChI is InChI=1S/C13H22N6/c1-5-9(6-2)18(3)8-11-16-12(14)10-7-15-19(4)13(10)17-11/h7,9H,5-6,8H2,1-4H3,(H2,14,16,17). The molecule has 2 rings (SSSR count). The molecule has 104 valence electrons. The van der Waals surface area contributed by atoms with E-state index in [4.69, 9.17) is 5.73 Å². The molecule has 0 fully saturated rings. The van der Waals surface area contributed by atoms with Crippen LogP contribution in [0.3, 0.4) is 0 Å². The van der Waals surface area contributed by atoms with Crippen molar-refractivity contribution in [2.24, 2.45) is 7.05 Å². The topological polar surface area (TPSA) is 72.9 Å². The first kappa shape index (κ1) is 13.7. The summed E-state index contributed by atoms with van der Waals surface area (Å²) in [6, 6.07) is 0.548. The summed E-state index contributed by atoms with van der Waals surface area (Å²) >= 11 is 0. The zero-order chi connectivity index (χ0) is 14.0. The molecule has 0 aliphatic rings. The number of hydrogen-bond acceptors (Lipinski definition) is 5. The lowest BCUT2D eigenvalue weighted by Crippen LogP contribution is -2.30. The normalized spacial score (nSPS) is 11.9. The van der Waals surface area contributed by atoms with E-state index >= 15 is 0 Å². The van der Waals surface area contributed by atoms with Crippen molar-refractivity contribution in [1.29, 1.82) is 0 Å². The minimum Gasteiger partial charge on any atom is -0.383 e. The Balaban J connectivity index is 2.28. The van der Waals surface area contributed by atoms with E-state index in [1.54, 1.807) is 10.9 Å². The Morgan fingerprint density at radius 3 is 2.63 bits per heavy atom. The van der Waals surface area contributed by atoms with E-state index in [1.807, 2.05) is 7.05 Å². The van der Waals surface area contributed by atoms with Gasteiger partial charge in [0.25, 0.3) is 0 Å². The zero-order valence-electron chi connectivity index (χ0n) is 12.1. The van der Waals surface area contributed by atoms with Gasteiger partial charge < -0.3 is 5.73 Å². The van der Waals surface area contributed by atoms with Crippen molar-refractivity contribution in [3.63, 3.8) is 0 Å². The van der Waals surface area contributed by atoms with E-state index in [2.05, 4.69) is 40.9 Å². The lowest BCUT2D eigenvalue weighted by molar-refractivity contribution is 0.217. The van der Waals surface area contributed by atoms with E-state index in [0.717, 1.165) is 29.7 Å². The average molecular weight is 262 g/mol. The Morgan fingerprint density at radius 1 is 1.32 bits per heavy atom. The van der Waals surface area contributed by atoms with Crippen LogP contribution < -0.4 is 5.73 Å². The lowest BCUT2D eigenvalue weighted by atomic mass is 10.1. The fraction of sp³-hybridized carbons (Fsp3) is 0.615. The molecule has 19 heavy (non-hydrogen) atoms. The third-order valence-electron chi connectivity index (χ3n) is 3.62. The highest BCUT2D eigenvalue weighted by Crippen LogP contribution is 2.17. The zero-order valence-corrected chi connectivity index (χ0v) is 12.1. The van der Waals surface area contributed by atoms with E-state index in [9.17, 15) is 0 Å². The molecule has 0 radical (unpaired) electrons. The van der Waals surface area contributed by atoms with Crippen LogP contribution in [-0.2, 0) is 13.6 Å². The van der Waals surface area contributed by atoms with Crippen LogP contribution in [-0.4, -0.2) is 37.7 Å². The Labute approximate surface area is 113 Å². The van der Waals surface area contributed by atoms with Crippen molar-refractivity contribution in [3.8, 4) is 0 Å². The first-order valence-corrected chi connectivity index (χ1v) is 6.71. The summed E-state index contributed by atoms with van der Waals surface area (Å²) < 4.78 is 1.73. The third-order valence-corrected chi connectivity index (χ3v) is 3.62. The number of fused-ring (bicyclic) bond motifs is 1. The van der Waals surface area contributed by atoms with Crippen LogP contribution in [0.5, 0.6) is 0 Å². The summed E-state index contributed by atoms with van der Waals surface area (Å²) in [7, 11) is 3.97. The molecule has 0 aliphatic carbocycles. The second kappa shape index (κ2) is 5.52. The summed E-state index contributed by atoms with van der Waals surface area (Å²) in [4.78, 5) is 11.2. The molecule has 2 aromatic heterocycles. The molecule has 0 aromatic carbocycles. The van der Waals surface area contributed by atoms with Gasteiger partial charge in [-0.05, 0) is 19.9 Å². The molecule has 2 aromatic rings. The number of anilines is 1. The third kappa shape index (κ3) is 2.68. The molecule has 6 nitrogen and oxygen atoms in total. The van der Waals surface area contributed by atoms with Crippen molar-refractivity contribution in [3.05, 3.63) is 12.0 Å². The van der Waals surface area contributed by atoms with E-state index < -0.39 is 0 Å². The molecule has 0 aliphatic heterocycles. The Morgan fingerprint density at radius 2 is 2.00 bits per heavy atom. The van der Waals surface area contributed by atoms with Gasteiger partial charge in [0.05, 0.1) is 18.1 Å². The fourth-order valence-corrected chi connectivity index (χ4v) is 2.43. The smallest absolute Gasteiger partial charge is 0.163 e. The van der Waals surface area contributed by atoms with Gasteiger partial charge in [-0.25, -0.2) is 9.97 Å². The lowest BCUT2D eigenvalue weighted by Gasteiger charge is -2.25. The second-order valence-corrected chi connectivity index (χ2v) is 4.92. The number of rotatable bonds is 5. The summed E-state index contributed by atoms with van der Waals surface area (Å²) in [5, 5.41) is 4.98. The van der Waals surface area contributed by atoms with Gasteiger partial charge in [0.1, 0.15) is 11.6 Å². The molecule has 0 unspecified atom stereocenters. The maximum Gasteiger partial charge on any atom is 0.163 e. The van der Waals surface area contributed by atoms with Gasteiger partial charge in [0, 0.05) is 13.1 Å². The molecule has 0 atom stereocenters. The Kier molecular flexibility index (Phi) is 3.99. The maximum atomic E-state index is 5.96. The van der Waals surface area contributed by atoms with Crippen molar-refractivity contribution >= 4 is 16.9 Å². The summed E-state index contributed by atoms with van der Waals surface area (Å²) in [6.45, 7) is 5.10. The molecule has 2 heterocycles. The maximum absolute atomic E-state index is 5.96. The van der Waals surface area contributed by atoms with Crippen LogP contribution >= 0.6 is 0 Å². The van der Waals surface area contributed by atoms with Gasteiger partial charge in [-0.1, -0.05) is 13.8 Å². The quantitative estimate of drug-likeness (QED) is 0.885. The van der Waals surface area contributed by atoms with Gasteiger partial charge in [-0.15, -0.1) is 0 Å². The highest BCUT2D eigenvalue weighted by Gasteiger charge is 2.14. The van der Waals surface area contributed by atoms with Gasteiger partial charge in [-0.3, -0.25) is 9.58 Å². The highest BCUT2D eigenvalue weighted by molar-refractivity contribution is 5.84. The Hall–Kier alpha value is -1.69. The summed E-state index contributed by atoms with van der Waals surface area (Å²) in [6.07, 6.45) is 3.95. The van der Waals surface area contributed by atoms with Crippen molar-refractivity contribution in [2.45, 2.75) is 39.3 Å². The fourth-order valence-electron chi connectivity index (χ4n) is 2.43. The monoisotopic (exact) mass is 262 g/mol. The summed E-state index contributed by atoms with van der Waals surface area (Å²) in [5.74, 6) is 1.26. The van der Waals surface area contributed by atoms with Gasteiger partial charge in [0.15, 0.2) is 5.65 Å². The molecule has 0 amide bonds. The minimum atomic E-state index is 0.506. The predicted octanol–water partition coefficient (Wildman–Crippen LogP) is 1.57. The van der Waals surface area contributed by atoms with Gasteiger partial charge in [-0.2, -0.15) is 5.10 Å². The van der Waals surface area contributed by atoms with Crippen molar-refractivity contribution in [1.82, 2.24) is 24.6 Å². The van der Waals surface area contributed by atoms with E-state index in [1.165, 1.54) is 0 Å². The van der Waals surface area contributed by atoms with Crippen LogP contribution in [0.25, 0.3) is 11.0 Å². The molecule has 0 bridgehead atoms. The highest BCUT2D eigenvalue weighted by atomic mass is 15.3. The largest absolute Gasteiger partial charge is 0.383 e. The van der Waals surface area contributed by atoms with Crippen molar-refractivity contribution in [2.75, 3.05) is 12.8 Å². The van der Waals surface area contributed by atoms with E-state index in [-0.39, 0.29) is 0 Å². The average Bonchev–Trinajstić information content (AvgIpc) is 2.73. The Bertz CT molecular complexity index is 558. The first-order valence-electron chi connectivity index (χ1n) is 6.71. The van der Waals surface area contributed by atoms with Crippen LogP contribution in [0, 0.1) is 0 Å². The van der Waals surface area contributed by atoms with Gasteiger partial charge in [0.2, 0.25) is 0 Å². The van der Waals surface area contributed by atoms with Crippen LogP contribution in [0.15, 0.2) is 6.20 Å². The number of aromatic nitrogens is 4. The molecular formula is C13H22N6. The number of hydrogen-bond donors (Lipinski definition) is 1. The number of nitrogens with two attached hydrogens (primary N) is 1. The number of aryl methyl sites for hydroxylation is 1. The predicted molar refractivity (Wildman–Crippen MR) is 76.6 cm³/mol. The molecule has 6 heteroatoms.